The van der Waals surface area contributed by atoms with Crippen LogP contribution in [0.25, 0.3) is 0 Å². The summed E-state index contributed by atoms with van der Waals surface area (Å²) < 4.78 is 0. The van der Waals surface area contributed by atoms with Crippen LogP contribution in [-0.4, -0.2) is 23.9 Å². The molecule has 1 aromatic heterocycles. The van der Waals surface area contributed by atoms with Crippen molar-refractivity contribution in [2.45, 2.75) is 39.2 Å². The number of amides is 4. The van der Waals surface area contributed by atoms with E-state index in [1.54, 1.807) is 13.0 Å². The molecule has 0 aliphatic carbocycles. The molecule has 1 rings (SSSR count). The zero-order chi connectivity index (χ0) is 16.3. The quantitative estimate of drug-likeness (QED) is 0.751. The molecule has 7 nitrogen and oxygen atoms in total. The summed E-state index contributed by atoms with van der Waals surface area (Å²) in [5, 5.41) is 0.132. The van der Waals surface area contributed by atoms with E-state index in [1.807, 2.05) is 13.8 Å². The lowest BCUT2D eigenvalue weighted by Gasteiger charge is -2.20. The second-order valence-corrected chi connectivity index (χ2v) is 5.98. The Morgan fingerprint density at radius 1 is 1.29 bits per heavy atom. The van der Waals surface area contributed by atoms with Crippen LogP contribution in [0.5, 0.6) is 0 Å². The molecule has 0 fully saturated rings. The summed E-state index contributed by atoms with van der Waals surface area (Å²) in [5.41, 5.74) is 16.4. The first kappa shape index (κ1) is 17.1. The van der Waals surface area contributed by atoms with Crippen molar-refractivity contribution in [3.05, 3.63) is 16.5 Å². The average Bonchev–Trinajstić information content (AvgIpc) is 2.82. The van der Waals surface area contributed by atoms with Gasteiger partial charge in [-0.15, -0.1) is 11.3 Å². The van der Waals surface area contributed by atoms with Crippen LogP contribution in [0, 0.1) is 0 Å². The highest BCUT2D eigenvalue weighted by Crippen LogP contribution is 2.35. The molecule has 116 valence electrons. The van der Waals surface area contributed by atoms with Gasteiger partial charge in [0, 0.05) is 4.88 Å². The van der Waals surface area contributed by atoms with Gasteiger partial charge in [0.1, 0.15) is 5.00 Å². The van der Waals surface area contributed by atoms with Gasteiger partial charge in [0.15, 0.2) is 0 Å². The van der Waals surface area contributed by atoms with Gasteiger partial charge in [0.25, 0.3) is 11.8 Å². The number of carbonyl (C=O) groups is 3. The van der Waals surface area contributed by atoms with E-state index in [0.29, 0.717) is 6.42 Å². The van der Waals surface area contributed by atoms with Crippen molar-refractivity contribution in [3.8, 4) is 0 Å². The van der Waals surface area contributed by atoms with E-state index in [4.69, 9.17) is 17.2 Å². The summed E-state index contributed by atoms with van der Waals surface area (Å²) in [6.07, 6.45) is 0.344. The number of hydrogen-bond donors (Lipinski definition) is 3. The summed E-state index contributed by atoms with van der Waals surface area (Å²) in [7, 11) is 0. The first-order valence-corrected chi connectivity index (χ1v) is 7.34. The number of hydrogen-bond acceptors (Lipinski definition) is 5. The molecule has 4 amide bonds. The van der Waals surface area contributed by atoms with Crippen molar-refractivity contribution in [3.63, 3.8) is 0 Å². The smallest absolute Gasteiger partial charge is 0.326 e. The van der Waals surface area contributed by atoms with Crippen molar-refractivity contribution >= 4 is 34.2 Å². The molecule has 0 saturated heterocycles. The SMILES string of the molecule is CCC(N)C(=O)N(C(N)=O)c1sc(C(C)C)cc1C(N)=O. The van der Waals surface area contributed by atoms with Crippen molar-refractivity contribution in [2.75, 3.05) is 4.90 Å². The average molecular weight is 312 g/mol. The summed E-state index contributed by atoms with van der Waals surface area (Å²) in [5.74, 6) is -1.26. The summed E-state index contributed by atoms with van der Waals surface area (Å²) in [4.78, 5) is 37.0. The molecule has 0 aromatic carbocycles. The third-order valence-corrected chi connectivity index (χ3v) is 4.39. The third-order valence-electron chi connectivity index (χ3n) is 2.97. The fourth-order valence-corrected chi connectivity index (χ4v) is 2.85. The molecular weight excluding hydrogens is 292 g/mol. The van der Waals surface area contributed by atoms with Gasteiger partial charge in [-0.05, 0) is 18.4 Å². The predicted octanol–water partition coefficient (Wildman–Crippen LogP) is 1.12. The molecule has 1 atom stereocenters. The van der Waals surface area contributed by atoms with Crippen LogP contribution in [0.1, 0.15) is 48.3 Å². The second-order valence-electron chi connectivity index (χ2n) is 4.91. The molecule has 1 aromatic rings. The Bertz CT molecular complexity index is 568. The van der Waals surface area contributed by atoms with E-state index in [-0.39, 0.29) is 16.5 Å². The zero-order valence-corrected chi connectivity index (χ0v) is 13.1. The summed E-state index contributed by atoms with van der Waals surface area (Å²) in [6.45, 7) is 5.56. The zero-order valence-electron chi connectivity index (χ0n) is 12.3. The van der Waals surface area contributed by atoms with Crippen LogP contribution >= 0.6 is 11.3 Å². The van der Waals surface area contributed by atoms with Crippen LogP contribution < -0.4 is 22.1 Å². The van der Waals surface area contributed by atoms with Gasteiger partial charge < -0.3 is 17.2 Å². The van der Waals surface area contributed by atoms with Crippen LogP contribution in [0.15, 0.2) is 6.07 Å². The number of imide groups is 1. The van der Waals surface area contributed by atoms with Gasteiger partial charge in [-0.3, -0.25) is 9.59 Å². The minimum Gasteiger partial charge on any atom is -0.366 e. The first-order chi connectivity index (χ1) is 9.70. The van der Waals surface area contributed by atoms with Crippen LogP contribution in [0.3, 0.4) is 0 Å². The number of primary amides is 2. The van der Waals surface area contributed by atoms with E-state index < -0.39 is 23.9 Å². The van der Waals surface area contributed by atoms with Gasteiger partial charge in [0.05, 0.1) is 11.6 Å². The van der Waals surface area contributed by atoms with Gasteiger partial charge >= 0.3 is 6.03 Å². The van der Waals surface area contributed by atoms with E-state index in [2.05, 4.69) is 0 Å². The number of carbonyl (C=O) groups excluding carboxylic acids is 3. The van der Waals surface area contributed by atoms with Gasteiger partial charge in [-0.25, -0.2) is 9.69 Å². The Kier molecular flexibility index (Phi) is 5.45. The number of thiophene rings is 1. The van der Waals surface area contributed by atoms with E-state index in [0.717, 1.165) is 21.1 Å². The molecule has 0 aliphatic heterocycles. The molecular formula is C13H20N4O3S. The number of nitrogens with zero attached hydrogens (tertiary/aromatic N) is 1. The lowest BCUT2D eigenvalue weighted by atomic mass is 10.1. The van der Waals surface area contributed by atoms with Crippen molar-refractivity contribution < 1.29 is 14.4 Å². The number of nitrogens with two attached hydrogens (primary N) is 3. The predicted molar refractivity (Wildman–Crippen MR) is 82.3 cm³/mol. The molecule has 0 saturated carbocycles. The topological polar surface area (TPSA) is 133 Å². The molecule has 21 heavy (non-hydrogen) atoms. The Hall–Kier alpha value is -1.93. The molecule has 0 radical (unpaired) electrons. The first-order valence-electron chi connectivity index (χ1n) is 6.53. The highest BCUT2D eigenvalue weighted by molar-refractivity contribution is 7.17. The molecule has 0 spiro atoms. The number of anilines is 1. The van der Waals surface area contributed by atoms with E-state index in [9.17, 15) is 14.4 Å². The number of urea groups is 1. The minimum atomic E-state index is -0.983. The maximum absolute atomic E-state index is 12.2. The Morgan fingerprint density at radius 2 is 1.86 bits per heavy atom. The molecule has 6 N–H and O–H groups in total. The Morgan fingerprint density at radius 3 is 2.24 bits per heavy atom. The van der Waals surface area contributed by atoms with Crippen LogP contribution in [0.4, 0.5) is 9.80 Å². The molecule has 0 bridgehead atoms. The van der Waals surface area contributed by atoms with Gasteiger partial charge in [0.2, 0.25) is 0 Å². The van der Waals surface area contributed by atoms with Crippen LogP contribution in [-0.2, 0) is 4.79 Å². The van der Waals surface area contributed by atoms with Gasteiger partial charge in [-0.2, -0.15) is 0 Å². The van der Waals surface area contributed by atoms with E-state index in [1.165, 1.54) is 0 Å². The Labute approximate surface area is 127 Å². The van der Waals surface area contributed by atoms with Crippen molar-refractivity contribution in [1.29, 1.82) is 0 Å². The van der Waals surface area contributed by atoms with Crippen molar-refractivity contribution in [2.24, 2.45) is 17.2 Å². The summed E-state index contributed by atoms with van der Waals surface area (Å²) in [6, 6.07) is -0.278. The molecule has 1 heterocycles. The minimum absolute atomic E-state index is 0.0964. The lowest BCUT2D eigenvalue weighted by Crippen LogP contribution is -2.49. The second kappa shape index (κ2) is 6.68. The summed E-state index contributed by atoms with van der Waals surface area (Å²) >= 11 is 1.14. The monoisotopic (exact) mass is 312 g/mol. The van der Waals surface area contributed by atoms with Gasteiger partial charge in [-0.1, -0.05) is 20.8 Å². The Balaban J connectivity index is 3.41. The molecule has 0 aliphatic rings. The highest BCUT2D eigenvalue weighted by Gasteiger charge is 2.31. The maximum Gasteiger partial charge on any atom is 0.326 e. The fourth-order valence-electron chi connectivity index (χ4n) is 1.68. The largest absolute Gasteiger partial charge is 0.366 e. The fraction of sp³-hybridized carbons (Fsp3) is 0.462. The highest BCUT2D eigenvalue weighted by atomic mass is 32.1. The van der Waals surface area contributed by atoms with E-state index >= 15 is 0 Å². The number of rotatable bonds is 5. The molecule has 1 unspecified atom stereocenters. The van der Waals surface area contributed by atoms with Crippen molar-refractivity contribution in [1.82, 2.24) is 0 Å². The normalized spacial score (nSPS) is 12.2. The standard InChI is InChI=1S/C13H20N4O3S/c1-4-8(14)11(19)17(13(16)20)12-7(10(15)18)5-9(21-12)6(2)3/h5-6,8H,4,14H2,1-3H3,(H2,15,18)(H2,16,20). The maximum atomic E-state index is 12.2. The third kappa shape index (κ3) is 3.59. The van der Waals surface area contributed by atoms with Crippen LogP contribution in [0.2, 0.25) is 0 Å². The molecule has 8 heteroatoms. The lowest BCUT2D eigenvalue weighted by molar-refractivity contribution is -0.119.